The van der Waals surface area contributed by atoms with Crippen molar-refractivity contribution < 1.29 is 9.47 Å². The second-order valence-corrected chi connectivity index (χ2v) is 4.34. The maximum atomic E-state index is 8.93. The van der Waals surface area contributed by atoms with Crippen LogP contribution in [-0.4, -0.2) is 19.8 Å². The number of rotatable bonds is 7. The fourth-order valence-electron chi connectivity index (χ4n) is 1.80. The molecule has 0 aromatic heterocycles. The largest absolute Gasteiger partial charge is 0.490 e. The molecule has 0 aliphatic heterocycles. The smallest absolute Gasteiger partial charge is 0.137 e. The van der Waals surface area contributed by atoms with Crippen molar-refractivity contribution in [2.24, 2.45) is 0 Å². The molecule has 0 fully saturated rings. The van der Waals surface area contributed by atoms with Gasteiger partial charge in [-0.3, -0.25) is 0 Å². The monoisotopic (exact) mass is 279 g/mol. The normalized spacial score (nSPS) is 10.4. The Labute approximate surface area is 125 Å². The fourth-order valence-corrected chi connectivity index (χ4v) is 1.80. The molecule has 0 spiro atoms. The van der Waals surface area contributed by atoms with Gasteiger partial charge in [0.05, 0.1) is 18.8 Å². The number of nitriles is 1. The summed E-state index contributed by atoms with van der Waals surface area (Å²) in [7, 11) is 0. The molecule has 2 aromatic carbocycles. The number of benzene rings is 2. The summed E-state index contributed by atoms with van der Waals surface area (Å²) in [6.07, 6.45) is 3.99. The first-order valence-corrected chi connectivity index (χ1v) is 6.81. The quantitative estimate of drug-likeness (QED) is 0.726. The highest BCUT2D eigenvalue weighted by molar-refractivity contribution is 5.48. The zero-order valence-electron chi connectivity index (χ0n) is 11.7. The molecule has 21 heavy (non-hydrogen) atoms. The van der Waals surface area contributed by atoms with Gasteiger partial charge in [0.2, 0.25) is 0 Å². The summed E-state index contributed by atoms with van der Waals surface area (Å²) >= 11 is 0. The molecule has 0 aliphatic carbocycles. The van der Waals surface area contributed by atoms with Crippen LogP contribution in [0.25, 0.3) is 6.08 Å². The Morgan fingerprint density at radius 1 is 0.952 bits per heavy atom. The molecular formula is C18H17NO2. The van der Waals surface area contributed by atoms with Gasteiger partial charge in [-0.05, 0) is 17.7 Å². The van der Waals surface area contributed by atoms with Gasteiger partial charge in [0.15, 0.2) is 0 Å². The van der Waals surface area contributed by atoms with Crippen molar-refractivity contribution in [3.63, 3.8) is 0 Å². The van der Waals surface area contributed by atoms with E-state index in [1.165, 1.54) is 0 Å². The summed E-state index contributed by atoms with van der Waals surface area (Å²) in [5, 5.41) is 8.93. The first-order chi connectivity index (χ1) is 10.4. The van der Waals surface area contributed by atoms with E-state index in [4.69, 9.17) is 14.7 Å². The second-order valence-electron chi connectivity index (χ2n) is 4.34. The minimum atomic E-state index is 0.428. The Kier molecular flexibility index (Phi) is 6.05. The lowest BCUT2D eigenvalue weighted by Gasteiger charge is -2.07. The highest BCUT2D eigenvalue weighted by atomic mass is 16.5. The third kappa shape index (κ3) is 5.13. The van der Waals surface area contributed by atoms with Crippen LogP contribution in [0.15, 0.2) is 60.7 Å². The van der Waals surface area contributed by atoms with Crippen LogP contribution < -0.4 is 4.74 Å². The molecule has 0 N–H and O–H groups in total. The zero-order valence-corrected chi connectivity index (χ0v) is 11.7. The maximum Gasteiger partial charge on any atom is 0.137 e. The Hall–Kier alpha value is -2.57. The highest BCUT2D eigenvalue weighted by Crippen LogP contribution is 2.16. The maximum absolute atomic E-state index is 8.93. The molecule has 2 aromatic rings. The van der Waals surface area contributed by atoms with Crippen LogP contribution in [0.2, 0.25) is 0 Å². The predicted octanol–water partition coefficient (Wildman–Crippen LogP) is 3.67. The second kappa shape index (κ2) is 8.57. The van der Waals surface area contributed by atoms with Gasteiger partial charge in [0.25, 0.3) is 0 Å². The van der Waals surface area contributed by atoms with Crippen molar-refractivity contribution in [1.82, 2.24) is 0 Å². The topological polar surface area (TPSA) is 42.2 Å². The van der Waals surface area contributed by atoms with Gasteiger partial charge in [-0.15, -0.1) is 0 Å². The number of nitrogens with zero attached hydrogens (tertiary/aromatic N) is 1. The first-order valence-electron chi connectivity index (χ1n) is 6.81. The van der Waals surface area contributed by atoms with E-state index in [1.807, 2.05) is 54.6 Å². The molecule has 0 unspecified atom stereocenters. The third-order valence-corrected chi connectivity index (χ3v) is 2.82. The van der Waals surface area contributed by atoms with E-state index in [0.717, 1.165) is 5.56 Å². The van der Waals surface area contributed by atoms with Crippen molar-refractivity contribution in [2.45, 2.75) is 0 Å². The van der Waals surface area contributed by atoms with E-state index in [9.17, 15) is 0 Å². The molecule has 0 radical (unpaired) electrons. The summed E-state index contributed by atoms with van der Waals surface area (Å²) < 4.78 is 11.0. The van der Waals surface area contributed by atoms with Crippen molar-refractivity contribution in [3.05, 3.63) is 71.8 Å². The van der Waals surface area contributed by atoms with Crippen molar-refractivity contribution in [1.29, 1.82) is 5.26 Å². The summed E-state index contributed by atoms with van der Waals surface area (Å²) in [4.78, 5) is 0. The number of para-hydroxylation sites is 1. The molecule has 0 saturated heterocycles. The highest BCUT2D eigenvalue weighted by Gasteiger charge is 2.00. The third-order valence-electron chi connectivity index (χ3n) is 2.82. The summed E-state index contributed by atoms with van der Waals surface area (Å²) in [5.41, 5.74) is 1.70. The average Bonchev–Trinajstić information content (AvgIpc) is 2.55. The van der Waals surface area contributed by atoms with E-state index in [-0.39, 0.29) is 0 Å². The minimum Gasteiger partial charge on any atom is -0.490 e. The van der Waals surface area contributed by atoms with Gasteiger partial charge in [-0.2, -0.15) is 5.26 Å². The fraction of sp³-hybridized carbons (Fsp3) is 0.167. The Balaban J connectivity index is 1.64. The van der Waals surface area contributed by atoms with E-state index in [1.54, 1.807) is 12.1 Å². The van der Waals surface area contributed by atoms with Gasteiger partial charge in [-0.1, -0.05) is 54.6 Å². The molecule has 0 bridgehead atoms. The van der Waals surface area contributed by atoms with Crippen molar-refractivity contribution >= 4 is 6.08 Å². The van der Waals surface area contributed by atoms with Gasteiger partial charge in [0, 0.05) is 0 Å². The first kappa shape index (κ1) is 14.8. The molecule has 0 aliphatic rings. The van der Waals surface area contributed by atoms with Crippen LogP contribution in [0.5, 0.6) is 5.75 Å². The van der Waals surface area contributed by atoms with E-state index < -0.39 is 0 Å². The lowest BCUT2D eigenvalue weighted by atomic mass is 10.2. The average molecular weight is 279 g/mol. The van der Waals surface area contributed by atoms with Crippen LogP contribution in [0.1, 0.15) is 11.1 Å². The van der Waals surface area contributed by atoms with Crippen molar-refractivity contribution in [2.75, 3.05) is 19.8 Å². The number of hydrogen-bond acceptors (Lipinski definition) is 3. The zero-order chi connectivity index (χ0) is 14.8. The summed E-state index contributed by atoms with van der Waals surface area (Å²) in [5.74, 6) is 0.600. The van der Waals surface area contributed by atoms with E-state index >= 15 is 0 Å². The summed E-state index contributed by atoms with van der Waals surface area (Å²) in [6, 6.07) is 19.4. The molecule has 106 valence electrons. The lowest BCUT2D eigenvalue weighted by Crippen LogP contribution is -2.07. The molecule has 0 atom stereocenters. The van der Waals surface area contributed by atoms with Crippen LogP contribution >= 0.6 is 0 Å². The molecule has 2 rings (SSSR count). The molecule has 0 amide bonds. The Morgan fingerprint density at radius 2 is 1.71 bits per heavy atom. The molecule has 0 heterocycles. The number of ether oxygens (including phenoxy) is 2. The van der Waals surface area contributed by atoms with Crippen LogP contribution in [0.3, 0.4) is 0 Å². The standard InChI is InChI=1S/C18H17NO2/c19-15-17-10-4-5-11-18(17)21-14-13-20-12-6-9-16-7-2-1-3-8-16/h1-11H,12-14H2/b9-6+. The lowest BCUT2D eigenvalue weighted by molar-refractivity contribution is 0.121. The van der Waals surface area contributed by atoms with Crippen LogP contribution in [-0.2, 0) is 4.74 Å². The van der Waals surface area contributed by atoms with Crippen LogP contribution in [0, 0.1) is 11.3 Å². The Bertz CT molecular complexity index is 615. The van der Waals surface area contributed by atoms with E-state index in [0.29, 0.717) is 31.1 Å². The van der Waals surface area contributed by atoms with Crippen molar-refractivity contribution in [3.8, 4) is 11.8 Å². The van der Waals surface area contributed by atoms with Crippen LogP contribution in [0.4, 0.5) is 0 Å². The molecule has 0 saturated carbocycles. The van der Waals surface area contributed by atoms with Gasteiger partial charge in [0.1, 0.15) is 18.4 Å². The predicted molar refractivity (Wildman–Crippen MR) is 82.9 cm³/mol. The van der Waals surface area contributed by atoms with E-state index in [2.05, 4.69) is 6.07 Å². The minimum absolute atomic E-state index is 0.428. The summed E-state index contributed by atoms with van der Waals surface area (Å²) in [6.45, 7) is 1.45. The van der Waals surface area contributed by atoms with Gasteiger partial charge >= 0.3 is 0 Å². The SMILES string of the molecule is N#Cc1ccccc1OCCOC/C=C/c1ccccc1. The Morgan fingerprint density at radius 3 is 2.52 bits per heavy atom. The number of hydrogen-bond donors (Lipinski definition) is 0. The molecule has 3 nitrogen and oxygen atoms in total. The van der Waals surface area contributed by atoms with Gasteiger partial charge in [-0.25, -0.2) is 0 Å². The molecule has 3 heteroatoms. The molecular weight excluding hydrogens is 262 g/mol. The van der Waals surface area contributed by atoms with Gasteiger partial charge < -0.3 is 9.47 Å².